The lowest BCUT2D eigenvalue weighted by Gasteiger charge is -2.33. The number of rotatable bonds is 3. The standard InChI is InChI=1S/C14H21ClN2O2S/c1-10-5-6-14(13(15)8-10)20(18,19)17-7-3-4-12(9-17)11(2)16/h5-6,8,11-12H,3-4,7,9,16H2,1-2H3/t11-,12+/m1/s1. The molecule has 1 heterocycles. The molecule has 2 atom stereocenters. The Morgan fingerprint density at radius 1 is 1.45 bits per heavy atom. The maximum Gasteiger partial charge on any atom is 0.244 e. The number of piperidine rings is 1. The first-order chi connectivity index (χ1) is 9.32. The number of halogens is 1. The second-order valence-corrected chi connectivity index (χ2v) is 7.87. The molecule has 0 radical (unpaired) electrons. The molecule has 0 aromatic heterocycles. The molecule has 0 amide bonds. The molecule has 4 nitrogen and oxygen atoms in total. The molecule has 0 spiro atoms. The largest absolute Gasteiger partial charge is 0.328 e. The van der Waals surface area contributed by atoms with Crippen molar-refractivity contribution < 1.29 is 8.42 Å². The van der Waals surface area contributed by atoms with Gasteiger partial charge in [0.05, 0.1) is 5.02 Å². The van der Waals surface area contributed by atoms with Crippen LogP contribution >= 0.6 is 11.6 Å². The smallest absolute Gasteiger partial charge is 0.244 e. The maximum atomic E-state index is 12.7. The van der Waals surface area contributed by atoms with E-state index in [1.807, 2.05) is 13.8 Å². The zero-order valence-electron chi connectivity index (χ0n) is 11.8. The monoisotopic (exact) mass is 316 g/mol. The second kappa shape index (κ2) is 6.02. The van der Waals surface area contributed by atoms with E-state index in [0.29, 0.717) is 13.1 Å². The highest BCUT2D eigenvalue weighted by Gasteiger charge is 2.32. The lowest BCUT2D eigenvalue weighted by Crippen LogP contribution is -2.45. The zero-order valence-corrected chi connectivity index (χ0v) is 13.4. The van der Waals surface area contributed by atoms with Gasteiger partial charge < -0.3 is 5.73 Å². The van der Waals surface area contributed by atoms with Gasteiger partial charge in [-0.15, -0.1) is 0 Å². The molecular weight excluding hydrogens is 296 g/mol. The van der Waals surface area contributed by atoms with Gasteiger partial charge in [-0.2, -0.15) is 4.31 Å². The summed E-state index contributed by atoms with van der Waals surface area (Å²) in [4.78, 5) is 0.190. The number of nitrogens with two attached hydrogens (primary N) is 1. The molecule has 1 aromatic rings. The SMILES string of the molecule is Cc1ccc(S(=O)(=O)N2CCC[C@H]([C@@H](C)N)C2)c(Cl)c1. The van der Waals surface area contributed by atoms with Crippen LogP contribution in [0, 0.1) is 12.8 Å². The number of benzene rings is 1. The van der Waals surface area contributed by atoms with E-state index in [0.717, 1.165) is 18.4 Å². The van der Waals surface area contributed by atoms with Crippen LogP contribution in [0.5, 0.6) is 0 Å². The van der Waals surface area contributed by atoms with Crippen LogP contribution in [0.3, 0.4) is 0 Å². The van der Waals surface area contributed by atoms with Crippen LogP contribution < -0.4 is 5.73 Å². The van der Waals surface area contributed by atoms with Crippen molar-refractivity contribution >= 4 is 21.6 Å². The van der Waals surface area contributed by atoms with Crippen LogP contribution in [-0.2, 0) is 10.0 Å². The number of hydrogen-bond acceptors (Lipinski definition) is 3. The van der Waals surface area contributed by atoms with Gasteiger partial charge in [-0.1, -0.05) is 17.7 Å². The van der Waals surface area contributed by atoms with Crippen LogP contribution in [0.1, 0.15) is 25.3 Å². The third kappa shape index (κ3) is 3.17. The highest BCUT2D eigenvalue weighted by Crippen LogP contribution is 2.29. The summed E-state index contributed by atoms with van der Waals surface area (Å²) in [5, 5.41) is 0.285. The third-order valence-corrected chi connectivity index (χ3v) is 6.22. The Morgan fingerprint density at radius 3 is 2.75 bits per heavy atom. The van der Waals surface area contributed by atoms with Crippen LogP contribution in [0.2, 0.25) is 5.02 Å². The Bertz CT molecular complexity index is 587. The van der Waals surface area contributed by atoms with Crippen molar-refractivity contribution in [1.82, 2.24) is 4.31 Å². The summed E-state index contributed by atoms with van der Waals surface area (Å²) < 4.78 is 26.9. The molecule has 0 bridgehead atoms. The summed E-state index contributed by atoms with van der Waals surface area (Å²) in [5.41, 5.74) is 6.86. The van der Waals surface area contributed by atoms with Gasteiger partial charge in [-0.25, -0.2) is 8.42 Å². The average Bonchev–Trinajstić information content (AvgIpc) is 2.38. The van der Waals surface area contributed by atoms with E-state index in [-0.39, 0.29) is 21.9 Å². The predicted molar refractivity (Wildman–Crippen MR) is 81.3 cm³/mol. The first-order valence-corrected chi connectivity index (χ1v) is 8.66. The topological polar surface area (TPSA) is 63.4 Å². The fraction of sp³-hybridized carbons (Fsp3) is 0.571. The summed E-state index contributed by atoms with van der Waals surface area (Å²) in [7, 11) is -3.53. The van der Waals surface area contributed by atoms with Gasteiger partial charge in [0, 0.05) is 19.1 Å². The number of sulfonamides is 1. The zero-order chi connectivity index (χ0) is 14.9. The Balaban J connectivity index is 2.30. The Kier molecular flexibility index (Phi) is 4.74. The van der Waals surface area contributed by atoms with E-state index in [1.54, 1.807) is 18.2 Å². The molecule has 2 rings (SSSR count). The summed E-state index contributed by atoms with van der Waals surface area (Å²) in [6.45, 7) is 4.83. The van der Waals surface area contributed by atoms with Crippen molar-refractivity contribution in [3.05, 3.63) is 28.8 Å². The number of hydrogen-bond donors (Lipinski definition) is 1. The Morgan fingerprint density at radius 2 is 2.15 bits per heavy atom. The Hall–Kier alpha value is -0.620. The molecular formula is C14H21ClN2O2S. The van der Waals surface area contributed by atoms with Crippen molar-refractivity contribution in [3.63, 3.8) is 0 Å². The average molecular weight is 317 g/mol. The molecule has 0 aliphatic carbocycles. The summed E-state index contributed by atoms with van der Waals surface area (Å²) in [6, 6.07) is 5.04. The van der Waals surface area contributed by atoms with E-state index >= 15 is 0 Å². The van der Waals surface area contributed by atoms with Crippen molar-refractivity contribution in [2.75, 3.05) is 13.1 Å². The molecule has 1 saturated heterocycles. The van der Waals surface area contributed by atoms with Crippen molar-refractivity contribution in [2.24, 2.45) is 11.7 Å². The van der Waals surface area contributed by atoms with Gasteiger partial charge in [0.2, 0.25) is 10.0 Å². The normalized spacial score (nSPS) is 22.7. The van der Waals surface area contributed by atoms with E-state index in [1.165, 1.54) is 4.31 Å². The molecule has 2 N–H and O–H groups in total. The molecule has 0 saturated carbocycles. The number of aryl methyl sites for hydroxylation is 1. The molecule has 1 fully saturated rings. The molecule has 112 valence electrons. The fourth-order valence-corrected chi connectivity index (χ4v) is 4.68. The summed E-state index contributed by atoms with van der Waals surface area (Å²) in [6.07, 6.45) is 1.82. The van der Waals surface area contributed by atoms with E-state index in [2.05, 4.69) is 0 Å². The molecule has 1 aromatic carbocycles. The molecule has 1 aliphatic rings. The van der Waals surface area contributed by atoms with Crippen molar-refractivity contribution in [3.8, 4) is 0 Å². The highest BCUT2D eigenvalue weighted by molar-refractivity contribution is 7.89. The van der Waals surface area contributed by atoms with Gasteiger partial charge in [0.1, 0.15) is 4.90 Å². The van der Waals surface area contributed by atoms with Crippen molar-refractivity contribution in [1.29, 1.82) is 0 Å². The lowest BCUT2D eigenvalue weighted by atomic mass is 9.93. The van der Waals surface area contributed by atoms with Crippen molar-refractivity contribution in [2.45, 2.75) is 37.6 Å². The first-order valence-electron chi connectivity index (χ1n) is 6.84. The van der Waals surface area contributed by atoms with Gasteiger partial charge in [-0.3, -0.25) is 0 Å². The first kappa shape index (κ1) is 15.8. The molecule has 1 aliphatic heterocycles. The van der Waals surface area contributed by atoms with Crippen LogP contribution in [0.15, 0.2) is 23.1 Å². The third-order valence-electron chi connectivity index (χ3n) is 3.87. The van der Waals surface area contributed by atoms with Gasteiger partial charge in [0.15, 0.2) is 0 Å². The predicted octanol–water partition coefficient (Wildman–Crippen LogP) is 2.40. The maximum absolute atomic E-state index is 12.7. The minimum absolute atomic E-state index is 0.00138. The molecule has 6 heteroatoms. The minimum Gasteiger partial charge on any atom is -0.328 e. The second-order valence-electron chi connectivity index (χ2n) is 5.56. The van der Waals surface area contributed by atoms with Crippen LogP contribution in [0.25, 0.3) is 0 Å². The summed E-state index contributed by atoms with van der Waals surface area (Å²) >= 11 is 6.10. The van der Waals surface area contributed by atoms with E-state index in [9.17, 15) is 8.42 Å². The fourth-order valence-electron chi connectivity index (χ4n) is 2.58. The molecule has 0 unspecified atom stereocenters. The molecule has 20 heavy (non-hydrogen) atoms. The lowest BCUT2D eigenvalue weighted by molar-refractivity contribution is 0.243. The van der Waals surface area contributed by atoms with Crippen LogP contribution in [0.4, 0.5) is 0 Å². The van der Waals surface area contributed by atoms with Gasteiger partial charge >= 0.3 is 0 Å². The van der Waals surface area contributed by atoms with E-state index in [4.69, 9.17) is 17.3 Å². The van der Waals surface area contributed by atoms with Gasteiger partial charge in [-0.05, 0) is 50.3 Å². The van der Waals surface area contributed by atoms with Gasteiger partial charge in [0.25, 0.3) is 0 Å². The highest BCUT2D eigenvalue weighted by atomic mass is 35.5. The number of nitrogens with zero attached hydrogens (tertiary/aromatic N) is 1. The van der Waals surface area contributed by atoms with E-state index < -0.39 is 10.0 Å². The minimum atomic E-state index is -3.53. The van der Waals surface area contributed by atoms with Crippen LogP contribution in [-0.4, -0.2) is 31.9 Å². The quantitative estimate of drug-likeness (QED) is 0.931. The summed E-state index contributed by atoms with van der Waals surface area (Å²) in [5.74, 6) is 0.211. The Labute approximate surface area is 126 Å².